The lowest BCUT2D eigenvalue weighted by molar-refractivity contribution is 0.0935. The van der Waals surface area contributed by atoms with Crippen molar-refractivity contribution in [2.24, 2.45) is 0 Å². The summed E-state index contributed by atoms with van der Waals surface area (Å²) in [5.41, 5.74) is 5.34. The lowest BCUT2D eigenvalue weighted by Gasteiger charge is -2.21. The van der Waals surface area contributed by atoms with E-state index in [0.717, 1.165) is 49.4 Å². The summed E-state index contributed by atoms with van der Waals surface area (Å²) in [5, 5.41) is 20.0. The number of benzene rings is 3. The fourth-order valence-electron chi connectivity index (χ4n) is 5.76. The van der Waals surface area contributed by atoms with Gasteiger partial charge in [-0.1, -0.05) is 53.6 Å². The van der Waals surface area contributed by atoms with E-state index in [1.54, 1.807) is 12.1 Å². The van der Waals surface area contributed by atoms with Gasteiger partial charge in [-0.2, -0.15) is 5.26 Å². The highest BCUT2D eigenvalue weighted by Gasteiger charge is 2.21. The quantitative estimate of drug-likeness (QED) is 0.154. The highest BCUT2D eigenvalue weighted by Crippen LogP contribution is 2.28. The van der Waals surface area contributed by atoms with Crippen LogP contribution in [0.4, 0.5) is 0 Å². The van der Waals surface area contributed by atoms with Crippen LogP contribution in [0.2, 0.25) is 5.02 Å². The van der Waals surface area contributed by atoms with Crippen LogP contribution in [-0.4, -0.2) is 49.6 Å². The van der Waals surface area contributed by atoms with Gasteiger partial charge >= 0.3 is 0 Å². The predicted octanol–water partition coefficient (Wildman–Crippen LogP) is 6.66. The standard InChI is InChI=1S/C37H42ClN5O2/c1-25-4-10-29(11-5-25)26(2)41-23-33-13-15-36(45-33)30-12-14-35(38)34(21-30)37(44)42-31(16-18-40-32-17-19-43(3)24-32)20-27-6-8-28(22-39)9-7-27/h4-15,21,26,31-32,40-41H,16-20,23-24H2,1-3H3,(H,42,44)/t26?,31?,32-/m0/s1. The molecule has 1 fully saturated rings. The van der Waals surface area contributed by atoms with Crippen molar-refractivity contribution in [2.75, 3.05) is 26.7 Å². The van der Waals surface area contributed by atoms with Crippen molar-refractivity contribution in [3.8, 4) is 17.4 Å². The summed E-state index contributed by atoms with van der Waals surface area (Å²) in [4.78, 5) is 16.0. The zero-order valence-electron chi connectivity index (χ0n) is 26.3. The Labute approximate surface area is 271 Å². The number of rotatable bonds is 13. The molecule has 0 spiro atoms. The van der Waals surface area contributed by atoms with Gasteiger partial charge in [0.2, 0.25) is 0 Å². The van der Waals surface area contributed by atoms with E-state index in [0.29, 0.717) is 40.9 Å². The molecule has 0 aliphatic carbocycles. The largest absolute Gasteiger partial charge is 0.460 e. The first-order chi connectivity index (χ1) is 21.8. The third-order valence-electron chi connectivity index (χ3n) is 8.53. The third kappa shape index (κ3) is 9.06. The number of nitrogens with one attached hydrogen (secondary N) is 3. The monoisotopic (exact) mass is 623 g/mol. The van der Waals surface area contributed by atoms with Crippen LogP contribution in [0.3, 0.4) is 0 Å². The molecule has 1 aromatic heterocycles. The first-order valence-corrected chi connectivity index (χ1v) is 16.1. The molecule has 2 unspecified atom stereocenters. The molecule has 1 aliphatic rings. The van der Waals surface area contributed by atoms with Crippen molar-refractivity contribution in [3.05, 3.63) is 117 Å². The van der Waals surface area contributed by atoms with Gasteiger partial charge in [0.1, 0.15) is 11.5 Å². The van der Waals surface area contributed by atoms with E-state index in [1.165, 1.54) is 11.1 Å². The summed E-state index contributed by atoms with van der Waals surface area (Å²) < 4.78 is 6.17. The number of carbonyl (C=O) groups is 1. The van der Waals surface area contributed by atoms with Crippen LogP contribution in [0.1, 0.15) is 64.2 Å². The second-order valence-corrected chi connectivity index (χ2v) is 12.6. The maximum absolute atomic E-state index is 13.6. The van der Waals surface area contributed by atoms with Crippen LogP contribution >= 0.6 is 11.6 Å². The van der Waals surface area contributed by atoms with Crippen LogP contribution in [0.5, 0.6) is 0 Å². The minimum absolute atomic E-state index is 0.117. The lowest BCUT2D eigenvalue weighted by Crippen LogP contribution is -2.40. The topological polar surface area (TPSA) is 93.3 Å². The average Bonchev–Trinajstić information content (AvgIpc) is 3.69. The van der Waals surface area contributed by atoms with E-state index in [4.69, 9.17) is 16.0 Å². The Morgan fingerprint density at radius 2 is 1.87 bits per heavy atom. The molecule has 1 saturated heterocycles. The molecule has 45 heavy (non-hydrogen) atoms. The van der Waals surface area contributed by atoms with E-state index in [2.05, 4.69) is 72.1 Å². The van der Waals surface area contributed by atoms with Gasteiger partial charge in [0.05, 0.1) is 28.8 Å². The maximum Gasteiger partial charge on any atom is 0.253 e. The fraction of sp³-hybridized carbons (Fsp3) is 0.351. The number of amides is 1. The van der Waals surface area contributed by atoms with Crippen molar-refractivity contribution in [2.45, 2.75) is 57.8 Å². The Hall–Kier alpha value is -3.93. The van der Waals surface area contributed by atoms with Gasteiger partial charge < -0.3 is 25.3 Å². The Balaban J connectivity index is 1.24. The number of halogens is 1. The molecule has 1 aliphatic heterocycles. The minimum atomic E-state index is -0.221. The Bertz CT molecular complexity index is 1610. The molecule has 234 valence electrons. The van der Waals surface area contributed by atoms with Crippen molar-refractivity contribution in [1.29, 1.82) is 5.26 Å². The van der Waals surface area contributed by atoms with Gasteiger partial charge in [0.25, 0.3) is 5.91 Å². The molecule has 1 amide bonds. The maximum atomic E-state index is 13.6. The van der Waals surface area contributed by atoms with Crippen LogP contribution in [0.15, 0.2) is 83.3 Å². The van der Waals surface area contributed by atoms with Gasteiger partial charge in [-0.15, -0.1) is 0 Å². The van der Waals surface area contributed by atoms with Crippen LogP contribution in [-0.2, 0) is 13.0 Å². The molecule has 0 radical (unpaired) electrons. The smallest absolute Gasteiger partial charge is 0.253 e. The molecule has 7 nitrogen and oxygen atoms in total. The average molecular weight is 624 g/mol. The van der Waals surface area contributed by atoms with Gasteiger partial charge in [0, 0.05) is 30.2 Å². The molecule has 5 rings (SSSR count). The molecular formula is C37H42ClN5O2. The summed E-state index contributed by atoms with van der Waals surface area (Å²) >= 11 is 6.57. The normalized spacial score (nSPS) is 16.3. The highest BCUT2D eigenvalue weighted by atomic mass is 35.5. The van der Waals surface area contributed by atoms with Gasteiger partial charge in [-0.3, -0.25) is 4.79 Å². The van der Waals surface area contributed by atoms with Crippen molar-refractivity contribution >= 4 is 17.5 Å². The highest BCUT2D eigenvalue weighted by molar-refractivity contribution is 6.34. The number of hydrogen-bond acceptors (Lipinski definition) is 6. The number of likely N-dealkylation sites (N-methyl/N-ethyl adjacent to an activating group) is 1. The first kappa shape index (κ1) is 32.5. The second kappa shape index (κ2) is 15.4. The van der Waals surface area contributed by atoms with Gasteiger partial charge in [0.15, 0.2) is 0 Å². The SMILES string of the molecule is Cc1ccc(C(C)NCc2ccc(-c3ccc(Cl)c(C(=O)NC(CCN[C@H]4CCN(C)C4)Cc4ccc(C#N)cc4)c3)o2)cc1. The Morgan fingerprint density at radius 1 is 1.09 bits per heavy atom. The molecule has 0 bridgehead atoms. The number of nitriles is 1. The van der Waals surface area contributed by atoms with Crippen molar-refractivity contribution < 1.29 is 9.21 Å². The number of furan rings is 1. The molecule has 8 heteroatoms. The lowest BCUT2D eigenvalue weighted by atomic mass is 10.0. The third-order valence-corrected chi connectivity index (χ3v) is 8.86. The van der Waals surface area contributed by atoms with Crippen molar-refractivity contribution in [3.63, 3.8) is 0 Å². The predicted molar refractivity (Wildman–Crippen MR) is 180 cm³/mol. The van der Waals surface area contributed by atoms with E-state index in [9.17, 15) is 10.1 Å². The summed E-state index contributed by atoms with van der Waals surface area (Å²) in [6.07, 6.45) is 2.54. The van der Waals surface area contributed by atoms with Gasteiger partial charge in [-0.25, -0.2) is 0 Å². The fourth-order valence-corrected chi connectivity index (χ4v) is 5.96. The number of hydrogen-bond donors (Lipinski definition) is 3. The minimum Gasteiger partial charge on any atom is -0.460 e. The van der Waals surface area contributed by atoms with Crippen LogP contribution in [0.25, 0.3) is 11.3 Å². The number of carbonyl (C=O) groups excluding carboxylic acids is 1. The molecule has 3 atom stereocenters. The summed E-state index contributed by atoms with van der Waals surface area (Å²) in [6, 6.07) is 28.1. The van der Waals surface area contributed by atoms with Crippen LogP contribution in [0, 0.1) is 18.3 Å². The van der Waals surface area contributed by atoms with Gasteiger partial charge in [-0.05, 0) is 107 Å². The molecule has 0 saturated carbocycles. The number of likely N-dealkylation sites (tertiary alicyclic amines) is 1. The molecule has 4 aromatic rings. The molecule has 3 N–H and O–H groups in total. The molecule has 2 heterocycles. The Morgan fingerprint density at radius 3 is 2.58 bits per heavy atom. The zero-order valence-corrected chi connectivity index (χ0v) is 27.0. The van der Waals surface area contributed by atoms with E-state index < -0.39 is 0 Å². The second-order valence-electron chi connectivity index (χ2n) is 12.1. The number of aryl methyl sites for hydroxylation is 1. The van der Waals surface area contributed by atoms with Crippen molar-refractivity contribution in [1.82, 2.24) is 20.9 Å². The van der Waals surface area contributed by atoms with E-state index >= 15 is 0 Å². The van der Waals surface area contributed by atoms with E-state index in [-0.39, 0.29) is 18.0 Å². The van der Waals surface area contributed by atoms with Crippen LogP contribution < -0.4 is 16.0 Å². The molecular weight excluding hydrogens is 582 g/mol. The summed E-state index contributed by atoms with van der Waals surface area (Å²) in [7, 11) is 2.14. The Kier molecular flexibility index (Phi) is 11.1. The first-order valence-electron chi connectivity index (χ1n) is 15.7. The summed E-state index contributed by atoms with van der Waals surface area (Å²) in [6.45, 7) is 7.72. The zero-order chi connectivity index (χ0) is 31.8. The van der Waals surface area contributed by atoms with E-state index in [1.807, 2.05) is 42.5 Å². The molecule has 3 aromatic carbocycles. The number of nitrogens with zero attached hydrogens (tertiary/aromatic N) is 2. The summed E-state index contributed by atoms with van der Waals surface area (Å²) in [5.74, 6) is 1.27.